The molecule has 1 heterocycles. The van der Waals surface area contributed by atoms with Gasteiger partial charge in [0.2, 0.25) is 35.4 Å². The van der Waals surface area contributed by atoms with E-state index >= 15 is 0 Å². The lowest BCUT2D eigenvalue weighted by Crippen LogP contribution is -2.57. The number of benzene rings is 1. The quantitative estimate of drug-likeness (QED) is 0.0602. The van der Waals surface area contributed by atoms with Crippen molar-refractivity contribution >= 4 is 47.4 Å². The second-order valence-corrected chi connectivity index (χ2v) is 12.9. The van der Waals surface area contributed by atoms with Gasteiger partial charge in [-0.2, -0.15) is 13.2 Å². The number of aryl methyl sites for hydroxylation is 1. The molecule has 1 aliphatic heterocycles. The molecule has 4 atom stereocenters. The summed E-state index contributed by atoms with van der Waals surface area (Å²) < 4.78 is 37.2. The minimum absolute atomic E-state index is 0.0215. The van der Waals surface area contributed by atoms with Gasteiger partial charge in [0, 0.05) is 19.4 Å². The first-order valence-electron chi connectivity index (χ1n) is 18.6. The zero-order valence-corrected chi connectivity index (χ0v) is 32.1. The topological polar surface area (TPSA) is 338 Å². The van der Waals surface area contributed by atoms with Gasteiger partial charge >= 0.3 is 12.1 Å². The Hall–Kier alpha value is -5.55. The second-order valence-electron chi connectivity index (χ2n) is 12.9. The van der Waals surface area contributed by atoms with E-state index in [1.807, 2.05) is 30.3 Å². The Morgan fingerprint density at radius 3 is 1.84 bits per heavy atom. The van der Waals surface area contributed by atoms with Crippen LogP contribution in [0.2, 0.25) is 0 Å². The van der Waals surface area contributed by atoms with Crippen molar-refractivity contribution in [2.24, 2.45) is 27.9 Å². The number of unbranched alkanes of at least 4 members (excludes halogenated alkanes) is 2. The van der Waals surface area contributed by atoms with E-state index in [0.717, 1.165) is 5.56 Å². The number of hydrogen-bond donors (Lipinski definition) is 11. The fourth-order valence-electron chi connectivity index (χ4n) is 5.17. The average molecular weight is 832 g/mol. The van der Waals surface area contributed by atoms with Crippen molar-refractivity contribution in [3.05, 3.63) is 35.9 Å². The molecule has 0 unspecified atom stereocenters. The maximum atomic E-state index is 13.7. The normalized spacial score (nSPS) is 21.0. The SMILES string of the molecule is NCCCC[C@@H]1NC(=O)[C@H](CCCCN)NC(=O)[C@@H](CCc2ccccc2)NC(=O)CCNC(=O)CNC(=O)[C@H](N=C(N)N)CCOCNC1=O.O=C(O)C(F)(F)F. The number of aliphatic imine (C=N–C) groups is 1. The molecule has 1 fully saturated rings. The van der Waals surface area contributed by atoms with Gasteiger partial charge < -0.3 is 64.7 Å². The van der Waals surface area contributed by atoms with Crippen molar-refractivity contribution in [2.75, 3.05) is 39.5 Å². The van der Waals surface area contributed by atoms with Gasteiger partial charge in [-0.15, -0.1) is 0 Å². The van der Waals surface area contributed by atoms with Crippen LogP contribution in [0, 0.1) is 0 Å². The molecule has 0 saturated carbocycles. The number of ether oxygens (including phenoxy) is 1. The lowest BCUT2D eigenvalue weighted by molar-refractivity contribution is -0.192. The lowest BCUT2D eigenvalue weighted by atomic mass is 10.0. The van der Waals surface area contributed by atoms with Crippen LogP contribution in [-0.4, -0.2) is 122 Å². The first kappa shape index (κ1) is 50.5. The van der Waals surface area contributed by atoms with Crippen LogP contribution in [0.1, 0.15) is 63.4 Å². The van der Waals surface area contributed by atoms with Gasteiger partial charge in [0.25, 0.3) is 0 Å². The molecule has 1 aromatic rings. The highest BCUT2D eigenvalue weighted by Gasteiger charge is 2.38. The Morgan fingerprint density at radius 2 is 1.31 bits per heavy atom. The van der Waals surface area contributed by atoms with E-state index < -0.39 is 78.3 Å². The van der Waals surface area contributed by atoms with Crippen LogP contribution in [0.15, 0.2) is 35.3 Å². The molecule has 1 saturated heterocycles. The standard InChI is InChI=1S/C33H55N11O7.C2HF3O2/c34-16-6-4-10-23-30(48)40-21-51-19-15-26(44-33(36)37)29(47)39-20-28(46)38-18-14-27(45)41-25(13-12-22-8-2-1-3-9-22)32(50)43-24(31(49)42-23)11-5-7-17-35;3-2(4,5)1(6)7/h1-3,8-9,23-26H,4-7,10-21,34-35H2,(H,38,46)(H,39,47)(H,40,48)(H,41,45)(H,42,49)(H,43,50)(H4,36,37,44);(H,6,7)/t23-,24-,25+,26+;/m0./s1. The molecule has 0 spiro atoms. The maximum absolute atomic E-state index is 13.7. The number of guanidine groups is 1. The monoisotopic (exact) mass is 831 g/mol. The minimum atomic E-state index is -5.08. The molecule has 23 heteroatoms. The van der Waals surface area contributed by atoms with E-state index in [2.05, 4.69) is 36.9 Å². The Bertz CT molecular complexity index is 1500. The summed E-state index contributed by atoms with van der Waals surface area (Å²) in [6, 6.07) is 5.29. The fourth-order valence-corrected chi connectivity index (χ4v) is 5.17. The maximum Gasteiger partial charge on any atom is 0.490 e. The van der Waals surface area contributed by atoms with E-state index in [0.29, 0.717) is 45.2 Å². The summed E-state index contributed by atoms with van der Waals surface area (Å²) in [5, 5.41) is 23.0. The van der Waals surface area contributed by atoms with E-state index in [9.17, 15) is 41.9 Å². The summed E-state index contributed by atoms with van der Waals surface area (Å²) in [6.07, 6.45) is -1.77. The highest BCUT2D eigenvalue weighted by atomic mass is 19.4. The number of rotatable bonds is 12. The van der Waals surface area contributed by atoms with Gasteiger partial charge in [-0.25, -0.2) is 9.79 Å². The fraction of sp³-hybridized carbons (Fsp3) is 0.600. The van der Waals surface area contributed by atoms with Crippen LogP contribution in [-0.2, 0) is 44.7 Å². The Morgan fingerprint density at radius 1 is 0.759 bits per heavy atom. The molecule has 6 amide bonds. The molecule has 20 nitrogen and oxygen atoms in total. The van der Waals surface area contributed by atoms with Gasteiger partial charge in [0.1, 0.15) is 30.9 Å². The van der Waals surface area contributed by atoms with Gasteiger partial charge in [0.05, 0.1) is 13.2 Å². The van der Waals surface area contributed by atoms with Crippen LogP contribution in [0.3, 0.4) is 0 Å². The molecule has 0 aromatic heterocycles. The molecule has 0 bridgehead atoms. The number of hydrogen-bond acceptors (Lipinski definition) is 11. The summed E-state index contributed by atoms with van der Waals surface area (Å²) in [5.41, 5.74) is 23.3. The van der Waals surface area contributed by atoms with Crippen LogP contribution in [0.25, 0.3) is 0 Å². The number of carbonyl (C=O) groups is 7. The van der Waals surface area contributed by atoms with Crippen molar-refractivity contribution in [3.63, 3.8) is 0 Å². The van der Waals surface area contributed by atoms with Crippen molar-refractivity contribution in [3.8, 4) is 0 Å². The molecule has 0 aliphatic carbocycles. The summed E-state index contributed by atoms with van der Waals surface area (Å²) in [7, 11) is 0. The Balaban J connectivity index is 0.00000219. The smallest absolute Gasteiger partial charge is 0.475 e. The van der Waals surface area contributed by atoms with Gasteiger partial charge in [0.15, 0.2) is 5.96 Å². The number of nitrogens with one attached hydrogen (secondary N) is 6. The second kappa shape index (κ2) is 27.9. The van der Waals surface area contributed by atoms with Crippen molar-refractivity contribution in [1.82, 2.24) is 31.9 Å². The Labute approximate surface area is 333 Å². The van der Waals surface area contributed by atoms with Crippen LogP contribution in [0.5, 0.6) is 0 Å². The van der Waals surface area contributed by atoms with Crippen molar-refractivity contribution in [2.45, 2.75) is 94.6 Å². The highest BCUT2D eigenvalue weighted by Crippen LogP contribution is 2.13. The number of nitrogens with two attached hydrogens (primary N) is 4. The zero-order chi connectivity index (χ0) is 43.5. The minimum Gasteiger partial charge on any atom is -0.475 e. The van der Waals surface area contributed by atoms with Crippen LogP contribution < -0.4 is 54.8 Å². The number of alkyl halides is 3. The zero-order valence-electron chi connectivity index (χ0n) is 32.1. The van der Waals surface area contributed by atoms with Gasteiger partial charge in [-0.3, -0.25) is 28.8 Å². The lowest BCUT2D eigenvalue weighted by Gasteiger charge is -2.25. The first-order chi connectivity index (χ1) is 27.5. The summed E-state index contributed by atoms with van der Waals surface area (Å²) in [6.45, 7) is 0.00855. The van der Waals surface area contributed by atoms with Crippen LogP contribution in [0.4, 0.5) is 13.2 Å². The number of carboxylic acid groups (broad SMARTS) is 1. The van der Waals surface area contributed by atoms with E-state index in [1.54, 1.807) is 0 Å². The first-order valence-corrected chi connectivity index (χ1v) is 18.6. The number of aliphatic carboxylic acids is 1. The number of nitrogens with zero attached hydrogens (tertiary/aromatic N) is 1. The van der Waals surface area contributed by atoms with Crippen molar-refractivity contribution in [1.29, 1.82) is 0 Å². The summed E-state index contributed by atoms with van der Waals surface area (Å²) in [5.74, 6) is -6.50. The molecular weight excluding hydrogens is 775 g/mol. The third-order valence-electron chi connectivity index (χ3n) is 8.21. The number of carboxylic acids is 1. The highest BCUT2D eigenvalue weighted by molar-refractivity contribution is 5.94. The third kappa shape index (κ3) is 22.3. The number of halogens is 3. The summed E-state index contributed by atoms with van der Waals surface area (Å²) in [4.78, 5) is 91.5. The molecule has 1 aromatic carbocycles. The van der Waals surface area contributed by atoms with Crippen molar-refractivity contribution < 1.29 is 56.6 Å². The number of amides is 6. The molecule has 15 N–H and O–H groups in total. The van der Waals surface area contributed by atoms with Gasteiger partial charge in [-0.1, -0.05) is 30.3 Å². The predicted molar refractivity (Wildman–Crippen MR) is 204 cm³/mol. The van der Waals surface area contributed by atoms with E-state index in [4.69, 9.17) is 37.6 Å². The molecule has 326 valence electrons. The van der Waals surface area contributed by atoms with E-state index in [-0.39, 0.29) is 57.9 Å². The summed E-state index contributed by atoms with van der Waals surface area (Å²) >= 11 is 0. The predicted octanol–water partition coefficient (Wildman–Crippen LogP) is -2.28. The molecule has 2 rings (SSSR count). The number of carbonyl (C=O) groups excluding carboxylic acids is 6. The third-order valence-corrected chi connectivity index (χ3v) is 8.21. The Kier molecular flexibility index (Phi) is 24.3. The molecule has 1 aliphatic rings. The molecular formula is C35H56F3N11O9. The van der Waals surface area contributed by atoms with E-state index in [1.165, 1.54) is 0 Å². The van der Waals surface area contributed by atoms with Crippen LogP contribution >= 0.6 is 0 Å². The van der Waals surface area contributed by atoms with Gasteiger partial charge in [-0.05, 0) is 70.0 Å². The average Bonchev–Trinajstić information content (AvgIpc) is 3.16. The largest absolute Gasteiger partial charge is 0.490 e. The molecule has 0 radical (unpaired) electrons. The molecule has 58 heavy (non-hydrogen) atoms.